The van der Waals surface area contributed by atoms with Gasteiger partial charge in [0.25, 0.3) is 0 Å². The molecular formula is C22H25Cl2N2O5S-. The topological polar surface area (TPSA) is 98.8 Å². The summed E-state index contributed by atoms with van der Waals surface area (Å²) in [6.07, 6.45) is 2.37. The maximum absolute atomic E-state index is 13.5. The van der Waals surface area contributed by atoms with E-state index >= 15 is 0 Å². The van der Waals surface area contributed by atoms with Gasteiger partial charge in [0.15, 0.2) is 0 Å². The largest absolute Gasteiger partial charge is 0.759 e. The van der Waals surface area contributed by atoms with Crippen molar-refractivity contribution < 1.29 is 17.9 Å². The average Bonchev–Trinajstić information content (AvgIpc) is 2.80. The lowest BCUT2D eigenvalue weighted by molar-refractivity contribution is -0.125. The van der Waals surface area contributed by atoms with Crippen molar-refractivity contribution in [1.29, 1.82) is 0 Å². The third-order valence-electron chi connectivity index (χ3n) is 5.87. The van der Waals surface area contributed by atoms with Gasteiger partial charge < -0.3 is 15.4 Å². The molecule has 0 spiro atoms. The van der Waals surface area contributed by atoms with Crippen molar-refractivity contribution in [2.24, 2.45) is 11.8 Å². The number of hydroxylamine groups is 1. The predicted octanol–water partition coefficient (Wildman–Crippen LogP) is 4.61. The van der Waals surface area contributed by atoms with Crippen molar-refractivity contribution in [1.82, 2.24) is 9.79 Å². The van der Waals surface area contributed by atoms with Gasteiger partial charge in [-0.15, -0.1) is 0 Å². The molecule has 1 fully saturated rings. The van der Waals surface area contributed by atoms with Gasteiger partial charge in [-0.25, -0.2) is 8.42 Å². The fourth-order valence-corrected chi connectivity index (χ4v) is 5.98. The van der Waals surface area contributed by atoms with E-state index in [1.807, 2.05) is 0 Å². The molecule has 0 aromatic heterocycles. The molecule has 7 nitrogen and oxygen atoms in total. The molecule has 0 radical (unpaired) electrons. The van der Waals surface area contributed by atoms with Gasteiger partial charge in [0, 0.05) is 34.6 Å². The minimum Gasteiger partial charge on any atom is -0.759 e. The van der Waals surface area contributed by atoms with E-state index in [-0.39, 0.29) is 29.8 Å². The van der Waals surface area contributed by atoms with Crippen LogP contribution in [0, 0.1) is 17.0 Å². The fraction of sp³-hybridized carbons (Fsp3) is 0.409. The maximum atomic E-state index is 13.5. The van der Waals surface area contributed by atoms with E-state index in [1.165, 1.54) is 29.0 Å². The Morgan fingerprint density at radius 3 is 2.22 bits per heavy atom. The molecule has 174 valence electrons. The lowest BCUT2D eigenvalue weighted by Gasteiger charge is -2.32. The van der Waals surface area contributed by atoms with Crippen molar-refractivity contribution in [2.75, 3.05) is 13.7 Å². The van der Waals surface area contributed by atoms with Crippen LogP contribution in [0.4, 0.5) is 0 Å². The van der Waals surface area contributed by atoms with Crippen LogP contribution < -0.4 is 10.2 Å². The second kappa shape index (κ2) is 10.9. The van der Waals surface area contributed by atoms with Gasteiger partial charge in [-0.2, -0.15) is 4.31 Å². The molecule has 2 aromatic rings. The van der Waals surface area contributed by atoms with Crippen molar-refractivity contribution in [2.45, 2.75) is 37.1 Å². The van der Waals surface area contributed by atoms with Gasteiger partial charge >= 0.3 is 0 Å². The average molecular weight is 500 g/mol. The van der Waals surface area contributed by atoms with E-state index in [1.54, 1.807) is 30.3 Å². The lowest BCUT2D eigenvalue weighted by Crippen LogP contribution is -2.37. The van der Waals surface area contributed by atoms with Crippen LogP contribution >= 0.6 is 23.2 Å². The number of nitrogens with zero attached hydrogens (tertiary/aromatic N) is 1. The molecule has 0 unspecified atom stereocenters. The Morgan fingerprint density at radius 2 is 1.69 bits per heavy atom. The molecule has 10 heteroatoms. The van der Waals surface area contributed by atoms with Gasteiger partial charge in [0.1, 0.15) is 5.75 Å². The smallest absolute Gasteiger partial charge is 0.243 e. The molecule has 1 aliphatic rings. The molecule has 0 saturated heterocycles. The second-order valence-corrected chi connectivity index (χ2v) is 10.6. The van der Waals surface area contributed by atoms with Crippen LogP contribution in [0.2, 0.25) is 10.0 Å². The number of sulfonamides is 1. The first-order valence-electron chi connectivity index (χ1n) is 10.2. The Labute approximate surface area is 198 Å². The van der Waals surface area contributed by atoms with Crippen LogP contribution in [0.1, 0.15) is 31.2 Å². The zero-order valence-corrected chi connectivity index (χ0v) is 19.9. The van der Waals surface area contributed by atoms with E-state index in [2.05, 4.69) is 0 Å². The summed E-state index contributed by atoms with van der Waals surface area (Å²) in [7, 11) is -2.35. The summed E-state index contributed by atoms with van der Waals surface area (Å²) in [5, 5.41) is 11.5. The Bertz CT molecular complexity index is 1020. The third-order valence-corrected chi connectivity index (χ3v) is 8.41. The molecule has 2 aromatic carbocycles. The third kappa shape index (κ3) is 5.74. The van der Waals surface area contributed by atoms with E-state index in [0.29, 0.717) is 47.0 Å². The normalized spacial score (nSPS) is 19.0. The molecule has 1 aliphatic carbocycles. The predicted molar refractivity (Wildman–Crippen MR) is 124 cm³/mol. The Hall–Kier alpha value is -1.84. The van der Waals surface area contributed by atoms with E-state index in [9.17, 15) is 18.4 Å². The SMILES string of the molecule is COc1ccc(S(=O)(=O)N(Cc2c(Cl)cccc2Cl)CC2CCC(C(=O)N[O-])CC2)cc1. The number of benzene rings is 2. The second-order valence-electron chi connectivity index (χ2n) is 7.86. The summed E-state index contributed by atoms with van der Waals surface area (Å²) in [6.45, 7) is 0.273. The highest BCUT2D eigenvalue weighted by Crippen LogP contribution is 2.33. The fourth-order valence-electron chi connectivity index (χ4n) is 3.98. The van der Waals surface area contributed by atoms with Crippen molar-refractivity contribution in [3.8, 4) is 5.75 Å². The van der Waals surface area contributed by atoms with Crippen molar-refractivity contribution in [3.05, 3.63) is 63.3 Å². The first-order valence-corrected chi connectivity index (χ1v) is 12.4. The first kappa shape index (κ1) is 24.8. The van der Waals surface area contributed by atoms with Crippen LogP contribution in [0.5, 0.6) is 5.75 Å². The van der Waals surface area contributed by atoms with Gasteiger partial charge in [-0.05, 0) is 68.0 Å². The van der Waals surface area contributed by atoms with Crippen LogP contribution in [-0.2, 0) is 21.4 Å². The van der Waals surface area contributed by atoms with Crippen LogP contribution in [0.3, 0.4) is 0 Å². The molecule has 0 heterocycles. The summed E-state index contributed by atoms with van der Waals surface area (Å²) >= 11 is 12.7. The zero-order valence-electron chi connectivity index (χ0n) is 17.6. The molecule has 0 bridgehead atoms. The Kier molecular flexibility index (Phi) is 8.41. The molecule has 1 saturated carbocycles. The number of nitrogens with one attached hydrogen (secondary N) is 1. The number of rotatable bonds is 8. The van der Waals surface area contributed by atoms with Crippen LogP contribution in [-0.4, -0.2) is 32.3 Å². The van der Waals surface area contributed by atoms with Gasteiger partial charge in [-0.3, -0.25) is 4.79 Å². The zero-order chi connectivity index (χ0) is 23.3. The van der Waals surface area contributed by atoms with E-state index in [0.717, 1.165) is 0 Å². The number of carbonyl (C=O) groups excluding carboxylic acids is 1. The summed E-state index contributed by atoms with van der Waals surface area (Å²) in [6, 6.07) is 11.3. The molecule has 1 N–H and O–H groups in total. The van der Waals surface area contributed by atoms with Gasteiger partial charge in [-0.1, -0.05) is 29.3 Å². The maximum Gasteiger partial charge on any atom is 0.243 e. The van der Waals surface area contributed by atoms with Gasteiger partial charge in [0.05, 0.1) is 12.0 Å². The summed E-state index contributed by atoms with van der Waals surface area (Å²) in [5.74, 6) is -0.234. The van der Waals surface area contributed by atoms with Crippen molar-refractivity contribution >= 4 is 39.1 Å². The molecular weight excluding hydrogens is 475 g/mol. The highest BCUT2D eigenvalue weighted by molar-refractivity contribution is 7.89. The highest BCUT2D eigenvalue weighted by atomic mass is 35.5. The van der Waals surface area contributed by atoms with Gasteiger partial charge in [0.2, 0.25) is 15.9 Å². The number of ether oxygens (including phenoxy) is 1. The van der Waals surface area contributed by atoms with E-state index in [4.69, 9.17) is 27.9 Å². The number of carbonyl (C=O) groups is 1. The molecule has 0 aliphatic heterocycles. The standard InChI is InChI=1S/C22H25Cl2N2O5S/c1-31-17-9-11-18(12-10-17)32(29,30)26(14-19-20(23)3-2-4-21(19)24)13-15-5-7-16(8-6-15)22(27)25-28/h2-4,9-12,15-16H,5-8,13-14H2,1H3,(H-,25,27,28)/q-1. The molecule has 0 atom stereocenters. The molecule has 1 amide bonds. The number of hydrogen-bond donors (Lipinski definition) is 1. The summed E-state index contributed by atoms with van der Waals surface area (Å²) < 4.78 is 33.6. The quantitative estimate of drug-likeness (QED) is 0.534. The van der Waals surface area contributed by atoms with Crippen molar-refractivity contribution in [3.63, 3.8) is 0 Å². The monoisotopic (exact) mass is 499 g/mol. The highest BCUT2D eigenvalue weighted by Gasteiger charge is 2.32. The number of hydrogen-bond acceptors (Lipinski definition) is 5. The molecule has 3 rings (SSSR count). The lowest BCUT2D eigenvalue weighted by atomic mass is 9.81. The Balaban J connectivity index is 1.86. The Morgan fingerprint density at radius 1 is 1.09 bits per heavy atom. The minimum absolute atomic E-state index is 0.0217. The molecule has 32 heavy (non-hydrogen) atoms. The van der Waals surface area contributed by atoms with E-state index < -0.39 is 15.9 Å². The minimum atomic E-state index is -3.86. The summed E-state index contributed by atoms with van der Waals surface area (Å²) in [4.78, 5) is 11.8. The number of halogens is 2. The van der Waals surface area contributed by atoms with Crippen LogP contribution in [0.25, 0.3) is 0 Å². The number of methoxy groups -OCH3 is 1. The first-order chi connectivity index (χ1) is 15.3. The number of amides is 1. The van der Waals surface area contributed by atoms with Crippen LogP contribution in [0.15, 0.2) is 47.4 Å². The summed E-state index contributed by atoms with van der Waals surface area (Å²) in [5.41, 5.74) is 1.99.